The maximum Gasteiger partial charge on any atom is 0.133 e. The molecular formula is C26H29NO4. The van der Waals surface area contributed by atoms with Crippen LogP contribution in [-0.4, -0.2) is 34.1 Å². The van der Waals surface area contributed by atoms with Crippen LogP contribution < -0.4 is 9.47 Å². The van der Waals surface area contributed by atoms with E-state index in [0.29, 0.717) is 25.0 Å². The Kier molecular flexibility index (Phi) is 6.04. The van der Waals surface area contributed by atoms with Gasteiger partial charge in [0.1, 0.15) is 29.3 Å². The third-order valence-electron chi connectivity index (χ3n) is 6.35. The van der Waals surface area contributed by atoms with E-state index < -0.39 is 17.8 Å². The molecule has 2 aromatic rings. The Labute approximate surface area is 183 Å². The van der Waals surface area contributed by atoms with Gasteiger partial charge in [-0.05, 0) is 38.0 Å². The summed E-state index contributed by atoms with van der Waals surface area (Å²) in [5.74, 6) is 1.45. The molecule has 1 saturated carbocycles. The van der Waals surface area contributed by atoms with Crippen molar-refractivity contribution in [2.45, 2.75) is 62.9 Å². The number of aliphatic hydroxyl groups is 2. The summed E-state index contributed by atoms with van der Waals surface area (Å²) in [6.07, 6.45) is 3.83. The first-order valence-electron chi connectivity index (χ1n) is 10.8. The van der Waals surface area contributed by atoms with Crippen molar-refractivity contribution in [3.05, 3.63) is 71.8 Å². The summed E-state index contributed by atoms with van der Waals surface area (Å²) in [5, 5.41) is 30.4. The number of hydrogen-bond donors (Lipinski definition) is 2. The third-order valence-corrected chi connectivity index (χ3v) is 6.35. The Balaban J connectivity index is 1.52. The fraction of sp³-hybridized carbons (Fsp3) is 0.423. The SMILES string of the molecule is CC(C)(Oc1ccccc1)[C@H](O)/C=C/[C@@H]1[C@H]2c3cccc(CCC#N)c3O[C@H]2C[C@H]1O. The molecule has 0 amide bonds. The Morgan fingerprint density at radius 2 is 2.00 bits per heavy atom. The molecule has 162 valence electrons. The molecular weight excluding hydrogens is 390 g/mol. The van der Waals surface area contributed by atoms with Crippen LogP contribution in [0, 0.1) is 17.2 Å². The van der Waals surface area contributed by atoms with E-state index in [9.17, 15) is 10.2 Å². The van der Waals surface area contributed by atoms with Crippen molar-refractivity contribution in [2.24, 2.45) is 5.92 Å². The Morgan fingerprint density at radius 3 is 2.74 bits per heavy atom. The van der Waals surface area contributed by atoms with E-state index in [1.54, 1.807) is 6.08 Å². The fourth-order valence-corrected chi connectivity index (χ4v) is 4.67. The molecule has 0 aromatic heterocycles. The molecule has 2 N–H and O–H groups in total. The second-order valence-corrected chi connectivity index (χ2v) is 8.90. The fourth-order valence-electron chi connectivity index (χ4n) is 4.67. The summed E-state index contributed by atoms with van der Waals surface area (Å²) in [6.45, 7) is 3.69. The maximum atomic E-state index is 10.8. The molecule has 1 aliphatic heterocycles. The van der Waals surface area contributed by atoms with Gasteiger partial charge in [-0.3, -0.25) is 0 Å². The van der Waals surface area contributed by atoms with Gasteiger partial charge in [0, 0.05) is 30.2 Å². The van der Waals surface area contributed by atoms with E-state index in [0.717, 1.165) is 16.9 Å². The molecule has 5 atom stereocenters. The number of benzene rings is 2. The van der Waals surface area contributed by atoms with Crippen LogP contribution in [0.25, 0.3) is 0 Å². The number of nitriles is 1. The third kappa shape index (κ3) is 4.32. The van der Waals surface area contributed by atoms with E-state index in [1.807, 2.05) is 68.5 Å². The number of aryl methyl sites for hydroxylation is 1. The first kappa shape index (κ1) is 21.4. The second kappa shape index (κ2) is 8.74. The smallest absolute Gasteiger partial charge is 0.133 e. The normalized spacial score (nSPS) is 25.5. The highest BCUT2D eigenvalue weighted by molar-refractivity contribution is 5.49. The van der Waals surface area contributed by atoms with Crippen molar-refractivity contribution in [3.63, 3.8) is 0 Å². The molecule has 2 aromatic carbocycles. The first-order chi connectivity index (χ1) is 14.9. The highest BCUT2D eigenvalue weighted by Gasteiger charge is 2.49. The van der Waals surface area contributed by atoms with E-state index in [1.165, 1.54) is 0 Å². The van der Waals surface area contributed by atoms with Crippen molar-refractivity contribution < 1.29 is 19.7 Å². The van der Waals surface area contributed by atoms with Crippen LogP contribution >= 0.6 is 0 Å². The van der Waals surface area contributed by atoms with Gasteiger partial charge < -0.3 is 19.7 Å². The van der Waals surface area contributed by atoms with Gasteiger partial charge in [-0.15, -0.1) is 0 Å². The van der Waals surface area contributed by atoms with E-state index in [-0.39, 0.29) is 17.9 Å². The average Bonchev–Trinajstić information content (AvgIpc) is 3.25. The average molecular weight is 420 g/mol. The summed E-state index contributed by atoms with van der Waals surface area (Å²) in [6, 6.07) is 17.7. The highest BCUT2D eigenvalue weighted by Crippen LogP contribution is 2.52. The van der Waals surface area contributed by atoms with E-state index >= 15 is 0 Å². The van der Waals surface area contributed by atoms with Crippen LogP contribution in [0.4, 0.5) is 0 Å². The lowest BCUT2D eigenvalue weighted by Crippen LogP contribution is -2.41. The van der Waals surface area contributed by atoms with Crippen LogP contribution in [-0.2, 0) is 6.42 Å². The molecule has 5 heteroatoms. The Hall–Kier alpha value is -2.81. The van der Waals surface area contributed by atoms with Crippen LogP contribution in [0.3, 0.4) is 0 Å². The zero-order valence-corrected chi connectivity index (χ0v) is 17.9. The Bertz CT molecular complexity index is 979. The monoisotopic (exact) mass is 419 g/mol. The largest absolute Gasteiger partial charge is 0.489 e. The first-order valence-corrected chi connectivity index (χ1v) is 10.8. The van der Waals surface area contributed by atoms with Crippen molar-refractivity contribution in [2.75, 3.05) is 0 Å². The van der Waals surface area contributed by atoms with Crippen LogP contribution in [0.15, 0.2) is 60.7 Å². The molecule has 1 aliphatic carbocycles. The van der Waals surface area contributed by atoms with Gasteiger partial charge in [0.2, 0.25) is 0 Å². The summed E-state index contributed by atoms with van der Waals surface area (Å²) < 4.78 is 12.2. The zero-order valence-electron chi connectivity index (χ0n) is 17.9. The molecule has 0 unspecified atom stereocenters. The predicted octanol–water partition coefficient (Wildman–Crippen LogP) is 4.14. The number of aliphatic hydroxyl groups excluding tert-OH is 2. The van der Waals surface area contributed by atoms with Gasteiger partial charge in [-0.1, -0.05) is 48.6 Å². The van der Waals surface area contributed by atoms with E-state index in [2.05, 4.69) is 6.07 Å². The quantitative estimate of drug-likeness (QED) is 0.659. The van der Waals surface area contributed by atoms with Crippen molar-refractivity contribution in [1.29, 1.82) is 5.26 Å². The van der Waals surface area contributed by atoms with Gasteiger partial charge >= 0.3 is 0 Å². The molecule has 4 rings (SSSR count). The number of hydrogen-bond acceptors (Lipinski definition) is 5. The van der Waals surface area contributed by atoms with Crippen LogP contribution in [0.2, 0.25) is 0 Å². The zero-order chi connectivity index (χ0) is 22.0. The molecule has 1 fully saturated rings. The van der Waals surface area contributed by atoms with Gasteiger partial charge in [-0.25, -0.2) is 0 Å². The molecule has 1 heterocycles. The topological polar surface area (TPSA) is 82.7 Å². The van der Waals surface area contributed by atoms with Crippen molar-refractivity contribution in [1.82, 2.24) is 0 Å². The van der Waals surface area contributed by atoms with E-state index in [4.69, 9.17) is 14.7 Å². The lowest BCUT2D eigenvalue weighted by Gasteiger charge is -2.30. The number of fused-ring (bicyclic) bond motifs is 3. The van der Waals surface area contributed by atoms with Gasteiger partial charge in [0.15, 0.2) is 0 Å². The molecule has 0 bridgehead atoms. The lowest BCUT2D eigenvalue weighted by molar-refractivity contribution is -0.00221. The van der Waals surface area contributed by atoms with Crippen molar-refractivity contribution in [3.8, 4) is 17.6 Å². The Morgan fingerprint density at radius 1 is 1.23 bits per heavy atom. The summed E-state index contributed by atoms with van der Waals surface area (Å²) >= 11 is 0. The van der Waals surface area contributed by atoms with Crippen molar-refractivity contribution >= 4 is 0 Å². The minimum absolute atomic E-state index is 0.0358. The van der Waals surface area contributed by atoms with Gasteiger partial charge in [0.25, 0.3) is 0 Å². The predicted molar refractivity (Wildman–Crippen MR) is 118 cm³/mol. The summed E-state index contributed by atoms with van der Waals surface area (Å²) in [5.41, 5.74) is 1.30. The number of nitrogens with zero attached hydrogens (tertiary/aromatic N) is 1. The second-order valence-electron chi connectivity index (χ2n) is 8.90. The highest BCUT2D eigenvalue weighted by atomic mass is 16.5. The molecule has 31 heavy (non-hydrogen) atoms. The van der Waals surface area contributed by atoms with Gasteiger partial charge in [0.05, 0.1) is 12.2 Å². The molecule has 2 aliphatic rings. The maximum absolute atomic E-state index is 10.8. The number of ether oxygens (including phenoxy) is 2. The molecule has 0 saturated heterocycles. The number of rotatable bonds is 7. The van der Waals surface area contributed by atoms with Crippen LogP contribution in [0.1, 0.15) is 43.7 Å². The standard InChI is InChI=1S/C26H29NO4/c1-26(2,31-18-10-4-3-5-11-18)23(29)14-13-19-21(28)16-22-24(19)20-12-6-8-17(9-7-15-27)25(20)30-22/h3-6,8,10-14,19,21-24,28-29H,7,9,16H2,1-2H3/b14-13+/t19-,21+,22-,23+,24-/m0/s1. The summed E-state index contributed by atoms with van der Waals surface area (Å²) in [7, 11) is 0. The molecule has 5 nitrogen and oxygen atoms in total. The minimum Gasteiger partial charge on any atom is -0.489 e. The molecule has 0 radical (unpaired) electrons. The number of para-hydroxylation sites is 2. The van der Waals surface area contributed by atoms with Crippen LogP contribution in [0.5, 0.6) is 11.5 Å². The lowest BCUT2D eigenvalue weighted by atomic mass is 9.86. The molecule has 0 spiro atoms. The minimum atomic E-state index is -0.845. The summed E-state index contributed by atoms with van der Waals surface area (Å²) in [4.78, 5) is 0. The van der Waals surface area contributed by atoms with Gasteiger partial charge in [-0.2, -0.15) is 5.26 Å².